The van der Waals surface area contributed by atoms with Gasteiger partial charge in [0.1, 0.15) is 11.5 Å². The molecule has 1 atom stereocenters. The summed E-state index contributed by atoms with van der Waals surface area (Å²) in [5.41, 5.74) is 0. The van der Waals surface area contributed by atoms with Crippen LogP contribution in [0.2, 0.25) is 0 Å². The molecule has 1 N–H and O–H groups in total. The number of aliphatic carboxylic acids is 1. The van der Waals surface area contributed by atoms with Gasteiger partial charge in [0.2, 0.25) is 0 Å². The molecule has 0 radical (unpaired) electrons. The summed E-state index contributed by atoms with van der Waals surface area (Å²) >= 11 is 0. The van der Waals surface area contributed by atoms with Gasteiger partial charge in [-0.2, -0.15) is 0 Å². The lowest BCUT2D eigenvalue weighted by atomic mass is 9.87. The number of benzene rings is 1. The topological polar surface area (TPSA) is 76.1 Å². The molecular weight excluding hydrogens is 274 g/mol. The monoisotopic (exact) mass is 293 g/mol. The van der Waals surface area contributed by atoms with E-state index >= 15 is 0 Å². The van der Waals surface area contributed by atoms with Crippen LogP contribution in [0.15, 0.2) is 24.3 Å². The van der Waals surface area contributed by atoms with Gasteiger partial charge in [-0.05, 0) is 24.3 Å². The lowest BCUT2D eigenvalue weighted by molar-refractivity contribution is -0.151. The Morgan fingerprint density at radius 1 is 1.29 bits per heavy atom. The van der Waals surface area contributed by atoms with Crippen LogP contribution in [-0.2, 0) is 9.59 Å². The van der Waals surface area contributed by atoms with Crippen LogP contribution in [0.1, 0.15) is 6.92 Å². The first-order chi connectivity index (χ1) is 10.0. The molecule has 114 valence electrons. The Labute approximate surface area is 123 Å². The van der Waals surface area contributed by atoms with Crippen molar-refractivity contribution < 1.29 is 24.2 Å². The number of carbonyl (C=O) groups is 2. The van der Waals surface area contributed by atoms with Gasteiger partial charge in [0.05, 0.1) is 13.0 Å². The van der Waals surface area contributed by atoms with Gasteiger partial charge in [-0.25, -0.2) is 0 Å². The average molecular weight is 293 g/mol. The van der Waals surface area contributed by atoms with Crippen LogP contribution in [0, 0.1) is 11.8 Å². The summed E-state index contributed by atoms with van der Waals surface area (Å²) in [6.07, 6.45) is 0. The number of hydrogen-bond donors (Lipinski definition) is 1. The number of ether oxygens (including phenoxy) is 2. The number of rotatable bonds is 6. The summed E-state index contributed by atoms with van der Waals surface area (Å²) in [5.74, 6) is -0.00715. The highest BCUT2D eigenvalue weighted by atomic mass is 16.5. The fourth-order valence-corrected chi connectivity index (χ4v) is 2.14. The van der Waals surface area contributed by atoms with Crippen LogP contribution in [0.3, 0.4) is 0 Å². The summed E-state index contributed by atoms with van der Waals surface area (Å²) in [4.78, 5) is 24.3. The number of nitrogens with zero attached hydrogens (tertiary/aromatic N) is 1. The molecule has 0 saturated carbocycles. The molecule has 1 heterocycles. The average Bonchev–Trinajstić information content (AvgIpc) is 2.43. The van der Waals surface area contributed by atoms with E-state index in [0.29, 0.717) is 18.8 Å². The van der Waals surface area contributed by atoms with E-state index in [1.165, 1.54) is 0 Å². The van der Waals surface area contributed by atoms with Gasteiger partial charge in [-0.3, -0.25) is 9.59 Å². The summed E-state index contributed by atoms with van der Waals surface area (Å²) in [7, 11) is 1.58. The third-order valence-electron chi connectivity index (χ3n) is 3.78. The quantitative estimate of drug-likeness (QED) is 0.854. The Bertz CT molecular complexity index is 507. The largest absolute Gasteiger partial charge is 0.497 e. The molecule has 6 heteroatoms. The first-order valence-electron chi connectivity index (χ1n) is 6.78. The molecule has 1 aromatic rings. The lowest BCUT2D eigenvalue weighted by Gasteiger charge is -2.41. The molecule has 2 rings (SSSR count). The maximum absolute atomic E-state index is 11.9. The van der Waals surface area contributed by atoms with Gasteiger partial charge in [-0.1, -0.05) is 6.92 Å². The second kappa shape index (κ2) is 6.47. The number of amides is 1. The third-order valence-corrected chi connectivity index (χ3v) is 3.78. The van der Waals surface area contributed by atoms with Gasteiger partial charge >= 0.3 is 5.97 Å². The molecule has 1 fully saturated rings. The molecule has 1 unspecified atom stereocenters. The molecule has 1 aliphatic rings. The minimum Gasteiger partial charge on any atom is -0.497 e. The van der Waals surface area contributed by atoms with Gasteiger partial charge in [0.25, 0.3) is 5.91 Å². The van der Waals surface area contributed by atoms with Crippen LogP contribution in [0.25, 0.3) is 0 Å². The molecular formula is C15H19NO5. The number of hydrogen-bond acceptors (Lipinski definition) is 4. The van der Waals surface area contributed by atoms with E-state index in [1.54, 1.807) is 43.2 Å². The lowest BCUT2D eigenvalue weighted by Crippen LogP contribution is -2.54. The second-order valence-electron chi connectivity index (χ2n) is 5.15. The number of carboxylic acid groups (broad SMARTS) is 1. The Morgan fingerprint density at radius 2 is 1.86 bits per heavy atom. The number of carboxylic acids is 1. The highest BCUT2D eigenvalue weighted by Gasteiger charge is 2.37. The number of methoxy groups -OCH3 is 1. The van der Waals surface area contributed by atoms with Crippen molar-refractivity contribution in [1.29, 1.82) is 0 Å². The summed E-state index contributed by atoms with van der Waals surface area (Å²) in [6.45, 7) is 2.60. The first kappa shape index (κ1) is 15.2. The Morgan fingerprint density at radius 3 is 2.38 bits per heavy atom. The van der Waals surface area contributed by atoms with Crippen molar-refractivity contribution in [3.8, 4) is 11.5 Å². The van der Waals surface area contributed by atoms with E-state index in [0.717, 1.165) is 5.75 Å². The molecule has 6 nitrogen and oxygen atoms in total. The Hall–Kier alpha value is -2.24. The highest BCUT2D eigenvalue weighted by Crippen LogP contribution is 2.24. The predicted octanol–water partition coefficient (Wildman–Crippen LogP) is 1.25. The summed E-state index contributed by atoms with van der Waals surface area (Å²) < 4.78 is 10.4. The van der Waals surface area contributed by atoms with Crippen LogP contribution in [0.4, 0.5) is 0 Å². The molecule has 0 aromatic heterocycles. The molecule has 0 aliphatic carbocycles. The van der Waals surface area contributed by atoms with Crippen molar-refractivity contribution in [2.24, 2.45) is 11.8 Å². The smallest absolute Gasteiger partial charge is 0.306 e. The van der Waals surface area contributed by atoms with Crippen LogP contribution < -0.4 is 9.47 Å². The van der Waals surface area contributed by atoms with Crippen LogP contribution in [-0.4, -0.2) is 48.7 Å². The maximum atomic E-state index is 11.9. The van der Waals surface area contributed by atoms with E-state index < -0.39 is 11.9 Å². The van der Waals surface area contributed by atoms with Crippen molar-refractivity contribution >= 4 is 11.9 Å². The van der Waals surface area contributed by atoms with E-state index in [1.807, 2.05) is 0 Å². The van der Waals surface area contributed by atoms with Crippen LogP contribution >= 0.6 is 0 Å². The molecule has 21 heavy (non-hydrogen) atoms. The molecule has 1 saturated heterocycles. The third kappa shape index (κ3) is 3.65. The fraction of sp³-hybridized carbons (Fsp3) is 0.467. The Kier molecular flexibility index (Phi) is 4.67. The number of carbonyl (C=O) groups excluding carboxylic acids is 1. The predicted molar refractivity (Wildman–Crippen MR) is 75.4 cm³/mol. The van der Waals surface area contributed by atoms with E-state index in [9.17, 15) is 9.59 Å². The summed E-state index contributed by atoms with van der Waals surface area (Å²) in [6, 6.07) is 6.98. The molecule has 0 spiro atoms. The Balaban J connectivity index is 1.74. The standard InChI is InChI=1S/C15H19NO5/c1-10(15(18)19)11-7-16(8-11)14(17)9-21-13-5-3-12(20-2)4-6-13/h3-6,10-11H,7-9H2,1-2H3,(H,18,19). The molecule has 0 bridgehead atoms. The highest BCUT2D eigenvalue weighted by molar-refractivity contribution is 5.79. The van der Waals surface area contributed by atoms with E-state index in [2.05, 4.69) is 0 Å². The van der Waals surface area contributed by atoms with Crippen molar-refractivity contribution in [3.05, 3.63) is 24.3 Å². The minimum absolute atomic E-state index is 0.0347. The zero-order valence-corrected chi connectivity index (χ0v) is 12.1. The molecule has 1 amide bonds. The maximum Gasteiger partial charge on any atom is 0.306 e. The normalized spacial score (nSPS) is 16.0. The van der Waals surface area contributed by atoms with Crippen molar-refractivity contribution in [3.63, 3.8) is 0 Å². The summed E-state index contributed by atoms with van der Waals surface area (Å²) in [5, 5.41) is 8.90. The number of likely N-dealkylation sites (tertiary alicyclic amines) is 1. The zero-order valence-electron chi connectivity index (χ0n) is 12.1. The van der Waals surface area contributed by atoms with Crippen molar-refractivity contribution in [1.82, 2.24) is 4.90 Å². The van der Waals surface area contributed by atoms with E-state index in [4.69, 9.17) is 14.6 Å². The zero-order chi connectivity index (χ0) is 15.4. The molecule has 1 aromatic carbocycles. The minimum atomic E-state index is -0.818. The van der Waals surface area contributed by atoms with Gasteiger partial charge < -0.3 is 19.5 Å². The van der Waals surface area contributed by atoms with Crippen molar-refractivity contribution in [2.75, 3.05) is 26.8 Å². The van der Waals surface area contributed by atoms with Crippen molar-refractivity contribution in [2.45, 2.75) is 6.92 Å². The molecule has 1 aliphatic heterocycles. The second-order valence-corrected chi connectivity index (χ2v) is 5.15. The SMILES string of the molecule is COc1ccc(OCC(=O)N2CC(C(C)C(=O)O)C2)cc1. The fourth-order valence-electron chi connectivity index (χ4n) is 2.14. The van der Waals surface area contributed by atoms with E-state index in [-0.39, 0.29) is 18.4 Å². The first-order valence-corrected chi connectivity index (χ1v) is 6.78. The van der Waals surface area contributed by atoms with Gasteiger partial charge in [0, 0.05) is 19.0 Å². The van der Waals surface area contributed by atoms with Gasteiger partial charge in [0.15, 0.2) is 6.61 Å². The van der Waals surface area contributed by atoms with Crippen LogP contribution in [0.5, 0.6) is 11.5 Å². The van der Waals surface area contributed by atoms with Gasteiger partial charge in [-0.15, -0.1) is 0 Å².